The summed E-state index contributed by atoms with van der Waals surface area (Å²) in [6.07, 6.45) is -5.72. The zero-order valence-corrected chi connectivity index (χ0v) is 7.14. The molecule has 0 radical (unpaired) electrons. The maximum atomic E-state index is 11.8. The van der Waals surface area contributed by atoms with E-state index >= 15 is 0 Å². The van der Waals surface area contributed by atoms with Crippen molar-refractivity contribution >= 4 is 0 Å². The molecule has 13 heavy (non-hydrogen) atoms. The van der Waals surface area contributed by atoms with Crippen LogP contribution in [0.1, 0.15) is 19.8 Å². The molecule has 1 N–H and O–H groups in total. The van der Waals surface area contributed by atoms with Crippen LogP contribution in [0.2, 0.25) is 0 Å². The molecule has 1 heterocycles. The van der Waals surface area contributed by atoms with Crippen molar-refractivity contribution in [1.29, 1.82) is 0 Å². The lowest BCUT2D eigenvalue weighted by molar-refractivity contribution is -0.165. The van der Waals surface area contributed by atoms with Gasteiger partial charge in [-0.3, -0.25) is 0 Å². The summed E-state index contributed by atoms with van der Waals surface area (Å²) in [6, 6.07) is 0. The van der Waals surface area contributed by atoms with Gasteiger partial charge >= 0.3 is 6.18 Å². The Morgan fingerprint density at radius 3 is 2.69 bits per heavy atom. The van der Waals surface area contributed by atoms with Gasteiger partial charge < -0.3 is 9.84 Å². The molecule has 0 spiro atoms. The Bertz CT molecular complexity index is 210. The highest BCUT2D eigenvalue weighted by Crippen LogP contribution is 2.27. The van der Waals surface area contributed by atoms with Crippen LogP contribution in [0.15, 0.2) is 11.8 Å². The third-order valence-electron chi connectivity index (χ3n) is 1.84. The maximum Gasteiger partial charge on any atom is 0.391 e. The molecule has 0 fully saturated rings. The Morgan fingerprint density at radius 2 is 2.31 bits per heavy atom. The second kappa shape index (κ2) is 3.57. The summed E-state index contributed by atoms with van der Waals surface area (Å²) in [6.45, 7) is 1.65. The highest BCUT2D eigenvalue weighted by Gasteiger charge is 2.36. The Labute approximate surface area is 74.0 Å². The molecule has 0 aromatic rings. The fraction of sp³-hybridized carbons (Fsp3) is 0.750. The van der Waals surface area contributed by atoms with E-state index in [4.69, 9.17) is 9.84 Å². The Kier molecular flexibility index (Phi) is 2.85. The van der Waals surface area contributed by atoms with Gasteiger partial charge in [-0.15, -0.1) is 0 Å². The number of aliphatic hydroxyl groups is 1. The monoisotopic (exact) mass is 196 g/mol. The molecule has 1 aliphatic heterocycles. The van der Waals surface area contributed by atoms with Crippen LogP contribution in [0, 0.1) is 0 Å². The van der Waals surface area contributed by atoms with Crippen molar-refractivity contribution in [2.24, 2.45) is 0 Å². The normalized spacial score (nSPS) is 25.3. The fourth-order valence-corrected chi connectivity index (χ4v) is 1.22. The molecule has 0 aliphatic carbocycles. The number of halogens is 3. The minimum Gasteiger partial charge on any atom is -0.492 e. The summed E-state index contributed by atoms with van der Waals surface area (Å²) < 4.78 is 40.5. The van der Waals surface area contributed by atoms with Crippen LogP contribution in [0.3, 0.4) is 0 Å². The summed E-state index contributed by atoms with van der Waals surface area (Å²) >= 11 is 0. The summed E-state index contributed by atoms with van der Waals surface area (Å²) in [7, 11) is 0. The van der Waals surface area contributed by atoms with Crippen LogP contribution in [0.4, 0.5) is 13.2 Å². The number of allylic oxidation sites excluding steroid dienone is 1. The molecule has 0 aromatic heterocycles. The zero-order chi connectivity index (χ0) is 10.1. The number of hydrogen-bond acceptors (Lipinski definition) is 2. The average molecular weight is 196 g/mol. The third-order valence-corrected chi connectivity index (χ3v) is 1.84. The number of rotatable bonds is 2. The average Bonchev–Trinajstić information content (AvgIpc) is 2.31. The molecular formula is C8H11F3O2. The second-order valence-electron chi connectivity index (χ2n) is 3.09. The van der Waals surface area contributed by atoms with Gasteiger partial charge in [-0.25, -0.2) is 0 Å². The molecule has 1 rings (SSSR count). The van der Waals surface area contributed by atoms with Crippen molar-refractivity contribution in [3.8, 4) is 0 Å². The van der Waals surface area contributed by atoms with Crippen molar-refractivity contribution in [3.63, 3.8) is 0 Å². The van der Waals surface area contributed by atoms with Gasteiger partial charge in [0.25, 0.3) is 0 Å². The lowest BCUT2D eigenvalue weighted by Gasteiger charge is -2.19. The van der Waals surface area contributed by atoms with Crippen LogP contribution < -0.4 is 0 Å². The van der Waals surface area contributed by atoms with Gasteiger partial charge in [-0.05, 0) is 13.0 Å². The number of ether oxygens (including phenoxy) is 1. The predicted octanol–water partition coefficient (Wildman–Crippen LogP) is 1.99. The number of alkyl halides is 3. The van der Waals surface area contributed by atoms with E-state index in [-0.39, 0.29) is 0 Å². The lowest BCUT2D eigenvalue weighted by atomic mass is 10.1. The molecule has 1 aliphatic rings. The molecule has 0 amide bonds. The predicted molar refractivity (Wildman–Crippen MR) is 39.9 cm³/mol. The first-order chi connectivity index (χ1) is 5.88. The van der Waals surface area contributed by atoms with E-state index in [1.54, 1.807) is 13.0 Å². The molecule has 2 unspecified atom stereocenters. The highest BCUT2D eigenvalue weighted by molar-refractivity contribution is 4.99. The molecule has 2 atom stereocenters. The first-order valence-corrected chi connectivity index (χ1v) is 3.97. The van der Waals surface area contributed by atoms with Gasteiger partial charge in [0.05, 0.1) is 18.3 Å². The fourth-order valence-electron chi connectivity index (χ4n) is 1.22. The Morgan fingerprint density at radius 1 is 1.69 bits per heavy atom. The Balaban J connectivity index is 2.38. The molecular weight excluding hydrogens is 185 g/mol. The Hall–Kier alpha value is -0.710. The summed E-state index contributed by atoms with van der Waals surface area (Å²) in [4.78, 5) is 0. The van der Waals surface area contributed by atoms with Gasteiger partial charge in [0.2, 0.25) is 0 Å². The minimum absolute atomic E-state index is 0.350. The molecule has 0 bridgehead atoms. The summed E-state index contributed by atoms with van der Waals surface area (Å²) in [5.74, 6) is 0.575. The first-order valence-electron chi connectivity index (χ1n) is 3.97. The first kappa shape index (κ1) is 10.4. The van der Waals surface area contributed by atoms with Crippen molar-refractivity contribution in [2.45, 2.75) is 38.1 Å². The smallest absolute Gasteiger partial charge is 0.391 e. The van der Waals surface area contributed by atoms with Crippen molar-refractivity contribution in [1.82, 2.24) is 0 Å². The third kappa shape index (κ3) is 3.26. The SMILES string of the molecule is CC1=CCC(C(O)CC(F)(F)F)O1. The minimum atomic E-state index is -4.33. The van der Waals surface area contributed by atoms with Crippen LogP contribution in [0.25, 0.3) is 0 Å². The topological polar surface area (TPSA) is 29.5 Å². The van der Waals surface area contributed by atoms with E-state index < -0.39 is 24.8 Å². The second-order valence-corrected chi connectivity index (χ2v) is 3.09. The largest absolute Gasteiger partial charge is 0.492 e. The highest BCUT2D eigenvalue weighted by atomic mass is 19.4. The van der Waals surface area contributed by atoms with Gasteiger partial charge in [-0.2, -0.15) is 13.2 Å². The quantitative estimate of drug-likeness (QED) is 0.731. The molecule has 5 heteroatoms. The van der Waals surface area contributed by atoms with Gasteiger partial charge in [0.15, 0.2) is 0 Å². The molecule has 0 aromatic carbocycles. The van der Waals surface area contributed by atoms with Crippen molar-refractivity contribution < 1.29 is 23.0 Å². The molecule has 0 saturated heterocycles. The van der Waals surface area contributed by atoms with E-state index in [1.807, 2.05) is 0 Å². The molecule has 2 nitrogen and oxygen atoms in total. The van der Waals surface area contributed by atoms with Crippen LogP contribution in [-0.2, 0) is 4.74 Å². The van der Waals surface area contributed by atoms with Gasteiger partial charge in [0.1, 0.15) is 6.10 Å². The van der Waals surface area contributed by atoms with Gasteiger partial charge in [-0.1, -0.05) is 0 Å². The lowest BCUT2D eigenvalue weighted by Crippen LogP contribution is -2.30. The van der Waals surface area contributed by atoms with Crippen molar-refractivity contribution in [2.75, 3.05) is 0 Å². The molecule has 76 valence electrons. The number of hydrogen-bond donors (Lipinski definition) is 1. The summed E-state index contributed by atoms with van der Waals surface area (Å²) in [5, 5.41) is 9.12. The van der Waals surface area contributed by atoms with E-state index in [2.05, 4.69) is 0 Å². The summed E-state index contributed by atoms with van der Waals surface area (Å²) in [5.41, 5.74) is 0. The van der Waals surface area contributed by atoms with E-state index in [0.717, 1.165) is 0 Å². The van der Waals surface area contributed by atoms with E-state index in [1.165, 1.54) is 0 Å². The molecule has 0 saturated carbocycles. The van der Waals surface area contributed by atoms with Crippen molar-refractivity contribution in [3.05, 3.63) is 11.8 Å². The van der Waals surface area contributed by atoms with Crippen LogP contribution in [0.5, 0.6) is 0 Å². The van der Waals surface area contributed by atoms with Gasteiger partial charge in [0, 0.05) is 6.42 Å². The zero-order valence-electron chi connectivity index (χ0n) is 7.14. The number of aliphatic hydroxyl groups excluding tert-OH is 1. The maximum absolute atomic E-state index is 11.8. The van der Waals surface area contributed by atoms with Crippen LogP contribution >= 0.6 is 0 Å². The van der Waals surface area contributed by atoms with Crippen LogP contribution in [-0.4, -0.2) is 23.5 Å². The van der Waals surface area contributed by atoms with E-state index in [0.29, 0.717) is 12.2 Å². The van der Waals surface area contributed by atoms with E-state index in [9.17, 15) is 13.2 Å². The standard InChI is InChI=1S/C8H11F3O2/c1-5-2-3-7(13-5)6(12)4-8(9,10)11/h2,6-7,12H,3-4H2,1H3.